The summed E-state index contributed by atoms with van der Waals surface area (Å²) in [5.74, 6) is 0.172. The highest BCUT2D eigenvalue weighted by atomic mass is 32.2. The van der Waals surface area contributed by atoms with E-state index in [1.165, 1.54) is 22.8 Å². The lowest BCUT2D eigenvalue weighted by Crippen LogP contribution is -2.41. The number of anilines is 1. The third kappa shape index (κ3) is 4.37. The highest BCUT2D eigenvalue weighted by molar-refractivity contribution is 7.89. The number of carbonyl (C=O) groups excluding carboxylic acids is 1. The number of carbonyl (C=O) groups is 1. The molecule has 0 atom stereocenters. The minimum absolute atomic E-state index is 0.149. The topological polar surface area (TPSA) is 105 Å². The predicted molar refractivity (Wildman–Crippen MR) is 112 cm³/mol. The van der Waals surface area contributed by atoms with E-state index in [4.69, 9.17) is 0 Å². The molecule has 8 nitrogen and oxygen atoms in total. The van der Waals surface area contributed by atoms with Crippen LogP contribution in [0, 0.1) is 5.92 Å². The number of pyridine rings is 1. The zero-order valence-electron chi connectivity index (χ0n) is 16.2. The minimum atomic E-state index is -3.58. The number of hydrogen-bond acceptors (Lipinski definition) is 6. The first kappa shape index (κ1) is 20.1. The van der Waals surface area contributed by atoms with Crippen LogP contribution in [-0.2, 0) is 14.8 Å². The van der Waals surface area contributed by atoms with E-state index in [9.17, 15) is 13.2 Å². The maximum Gasteiger partial charge on any atom is 0.244 e. The molecule has 0 saturated carbocycles. The maximum atomic E-state index is 12.7. The summed E-state index contributed by atoms with van der Waals surface area (Å²) in [5.41, 5.74) is 1.42. The van der Waals surface area contributed by atoms with Crippen LogP contribution in [0.25, 0.3) is 11.4 Å². The fourth-order valence-corrected chi connectivity index (χ4v) is 4.81. The number of nitrogens with zero attached hydrogens (tertiary/aromatic N) is 4. The Bertz CT molecular complexity index is 1100. The summed E-state index contributed by atoms with van der Waals surface area (Å²) in [6, 6.07) is 12.7. The van der Waals surface area contributed by atoms with Crippen molar-refractivity contribution in [1.29, 1.82) is 0 Å². The molecule has 3 heterocycles. The molecule has 9 heteroatoms. The van der Waals surface area contributed by atoms with Crippen LogP contribution < -0.4 is 5.32 Å². The Labute approximate surface area is 175 Å². The Morgan fingerprint density at radius 2 is 1.67 bits per heavy atom. The Balaban J connectivity index is 1.35. The molecule has 0 aliphatic carbocycles. The first-order valence-corrected chi connectivity index (χ1v) is 11.1. The SMILES string of the molecule is O=C(Nc1cnc(-c2ccccc2)nc1)C1CCN(S(=O)(=O)c2cccnc2)CC1. The van der Waals surface area contributed by atoms with Crippen molar-refractivity contribution < 1.29 is 13.2 Å². The normalized spacial score (nSPS) is 15.6. The summed E-state index contributed by atoms with van der Waals surface area (Å²) in [6.45, 7) is 0.581. The number of sulfonamides is 1. The van der Waals surface area contributed by atoms with Gasteiger partial charge in [-0.05, 0) is 25.0 Å². The average molecular weight is 423 g/mol. The van der Waals surface area contributed by atoms with Crippen LogP contribution in [0.2, 0.25) is 0 Å². The fourth-order valence-electron chi connectivity index (χ4n) is 3.38. The number of benzene rings is 1. The summed E-state index contributed by atoms with van der Waals surface area (Å²) in [6.07, 6.45) is 6.94. The highest BCUT2D eigenvalue weighted by Crippen LogP contribution is 2.24. The van der Waals surface area contributed by atoms with Crippen LogP contribution in [0.5, 0.6) is 0 Å². The van der Waals surface area contributed by atoms with Crippen molar-refractivity contribution in [1.82, 2.24) is 19.3 Å². The Morgan fingerprint density at radius 3 is 2.30 bits per heavy atom. The molecule has 1 fully saturated rings. The third-order valence-electron chi connectivity index (χ3n) is 5.05. The molecule has 3 aromatic rings. The lowest BCUT2D eigenvalue weighted by molar-refractivity contribution is -0.120. The molecule has 0 spiro atoms. The van der Waals surface area contributed by atoms with Gasteiger partial charge >= 0.3 is 0 Å². The van der Waals surface area contributed by atoms with Gasteiger partial charge in [-0.3, -0.25) is 9.78 Å². The van der Waals surface area contributed by atoms with E-state index in [1.54, 1.807) is 18.5 Å². The standard InChI is InChI=1S/C21H21N5O3S/c27-21(25-18-13-23-20(24-14-18)16-5-2-1-3-6-16)17-8-11-26(12-9-17)30(28,29)19-7-4-10-22-15-19/h1-7,10,13-15,17H,8-9,11-12H2,(H,25,27). The summed E-state index contributed by atoms with van der Waals surface area (Å²) >= 11 is 0. The summed E-state index contributed by atoms with van der Waals surface area (Å²) in [4.78, 5) is 25.3. The van der Waals surface area contributed by atoms with Gasteiger partial charge in [0.2, 0.25) is 15.9 Å². The fraction of sp³-hybridized carbons (Fsp3) is 0.238. The highest BCUT2D eigenvalue weighted by Gasteiger charge is 2.32. The van der Waals surface area contributed by atoms with Crippen LogP contribution in [0.3, 0.4) is 0 Å². The molecule has 2 aromatic heterocycles. The Morgan fingerprint density at radius 1 is 0.967 bits per heavy atom. The summed E-state index contributed by atoms with van der Waals surface area (Å²) < 4.78 is 26.8. The van der Waals surface area contributed by atoms with Crippen molar-refractivity contribution in [3.05, 3.63) is 67.3 Å². The van der Waals surface area contributed by atoms with Crippen LogP contribution >= 0.6 is 0 Å². The lowest BCUT2D eigenvalue weighted by Gasteiger charge is -2.30. The van der Waals surface area contributed by atoms with E-state index >= 15 is 0 Å². The Kier molecular flexibility index (Phi) is 5.82. The summed E-state index contributed by atoms with van der Waals surface area (Å²) in [5, 5.41) is 2.83. The zero-order chi connectivity index (χ0) is 21.0. The van der Waals surface area contributed by atoms with Crippen LogP contribution in [0.1, 0.15) is 12.8 Å². The molecular weight excluding hydrogens is 402 g/mol. The van der Waals surface area contributed by atoms with Gasteiger partial charge < -0.3 is 5.32 Å². The van der Waals surface area contributed by atoms with Gasteiger partial charge in [-0.2, -0.15) is 4.31 Å². The number of amides is 1. The first-order valence-electron chi connectivity index (χ1n) is 9.62. The molecule has 1 amide bonds. The monoisotopic (exact) mass is 423 g/mol. The number of hydrogen-bond donors (Lipinski definition) is 1. The van der Waals surface area contributed by atoms with E-state index in [1.807, 2.05) is 30.3 Å². The van der Waals surface area contributed by atoms with Gasteiger partial charge in [-0.25, -0.2) is 18.4 Å². The molecule has 1 saturated heterocycles. The molecule has 1 aliphatic rings. The van der Waals surface area contributed by atoms with Crippen molar-refractivity contribution in [3.63, 3.8) is 0 Å². The average Bonchev–Trinajstić information content (AvgIpc) is 2.81. The van der Waals surface area contributed by atoms with Gasteiger partial charge in [0.15, 0.2) is 5.82 Å². The molecule has 0 unspecified atom stereocenters. The largest absolute Gasteiger partial charge is 0.323 e. The number of rotatable bonds is 5. The summed E-state index contributed by atoms with van der Waals surface area (Å²) in [7, 11) is -3.58. The second-order valence-electron chi connectivity index (χ2n) is 7.02. The zero-order valence-corrected chi connectivity index (χ0v) is 17.0. The van der Waals surface area contributed by atoms with Crippen molar-refractivity contribution in [2.45, 2.75) is 17.7 Å². The van der Waals surface area contributed by atoms with E-state index < -0.39 is 10.0 Å². The van der Waals surface area contributed by atoms with Crippen LogP contribution in [0.4, 0.5) is 5.69 Å². The van der Waals surface area contributed by atoms with Crippen molar-refractivity contribution in [2.24, 2.45) is 5.92 Å². The van der Waals surface area contributed by atoms with Crippen molar-refractivity contribution >= 4 is 21.6 Å². The molecule has 0 radical (unpaired) electrons. The van der Waals surface area contributed by atoms with E-state index in [-0.39, 0.29) is 16.7 Å². The molecule has 1 aromatic carbocycles. The number of nitrogens with one attached hydrogen (secondary N) is 1. The smallest absolute Gasteiger partial charge is 0.244 e. The molecule has 1 N–H and O–H groups in total. The van der Waals surface area contributed by atoms with Gasteiger partial charge in [0.05, 0.1) is 18.1 Å². The maximum absolute atomic E-state index is 12.7. The van der Waals surface area contributed by atoms with Gasteiger partial charge in [0.1, 0.15) is 4.90 Å². The van der Waals surface area contributed by atoms with Crippen molar-refractivity contribution in [2.75, 3.05) is 18.4 Å². The third-order valence-corrected chi connectivity index (χ3v) is 6.93. The van der Waals surface area contributed by atoms with E-state index in [0.29, 0.717) is 37.4 Å². The van der Waals surface area contributed by atoms with E-state index in [2.05, 4.69) is 20.3 Å². The minimum Gasteiger partial charge on any atom is -0.323 e. The predicted octanol–water partition coefficient (Wildman–Crippen LogP) is 2.58. The van der Waals surface area contributed by atoms with Gasteiger partial charge in [0.25, 0.3) is 0 Å². The number of piperidine rings is 1. The van der Waals surface area contributed by atoms with Gasteiger partial charge in [0, 0.05) is 37.0 Å². The quantitative estimate of drug-likeness (QED) is 0.676. The molecule has 1 aliphatic heterocycles. The molecular formula is C21H21N5O3S. The van der Waals surface area contributed by atoms with Gasteiger partial charge in [-0.1, -0.05) is 30.3 Å². The Hall–Kier alpha value is -3.17. The first-order chi connectivity index (χ1) is 14.5. The lowest BCUT2D eigenvalue weighted by atomic mass is 9.97. The van der Waals surface area contributed by atoms with Crippen molar-refractivity contribution in [3.8, 4) is 11.4 Å². The number of aromatic nitrogens is 3. The molecule has 0 bridgehead atoms. The van der Waals surface area contributed by atoms with Crippen LogP contribution in [0.15, 0.2) is 72.1 Å². The molecule has 4 rings (SSSR count). The van der Waals surface area contributed by atoms with Crippen LogP contribution in [-0.4, -0.2) is 46.7 Å². The second kappa shape index (κ2) is 8.68. The molecule has 30 heavy (non-hydrogen) atoms. The van der Waals surface area contributed by atoms with E-state index in [0.717, 1.165) is 5.56 Å². The second-order valence-corrected chi connectivity index (χ2v) is 8.96. The molecule has 154 valence electrons. The van der Waals surface area contributed by atoms with Gasteiger partial charge in [-0.15, -0.1) is 0 Å².